The summed E-state index contributed by atoms with van der Waals surface area (Å²) in [6.07, 6.45) is 14.9. The van der Waals surface area contributed by atoms with Gasteiger partial charge in [0.25, 0.3) is 0 Å². The average molecular weight is 511 g/mol. The summed E-state index contributed by atoms with van der Waals surface area (Å²) < 4.78 is 5.99. The minimum Gasteiger partial charge on any atom is -0.507 e. The van der Waals surface area contributed by atoms with Gasteiger partial charge in [0.15, 0.2) is 0 Å². The van der Waals surface area contributed by atoms with E-state index in [0.717, 1.165) is 52.7 Å². The molecule has 0 heterocycles. The third-order valence-electron chi connectivity index (χ3n) is 7.44. The van der Waals surface area contributed by atoms with E-state index in [4.69, 9.17) is 9.84 Å². The number of aliphatic hydroxyl groups is 1. The van der Waals surface area contributed by atoms with Crippen LogP contribution in [0.4, 0.5) is 0 Å². The highest BCUT2D eigenvalue weighted by atomic mass is 16.5. The zero-order valence-electron chi connectivity index (χ0n) is 23.2. The maximum atomic E-state index is 10.8. The van der Waals surface area contributed by atoms with Crippen LogP contribution in [0.5, 0.6) is 11.5 Å². The van der Waals surface area contributed by atoms with E-state index in [0.29, 0.717) is 24.0 Å². The zero-order chi connectivity index (χ0) is 27.2. The highest BCUT2D eigenvalue weighted by molar-refractivity contribution is 5.77. The van der Waals surface area contributed by atoms with Crippen LogP contribution in [0, 0.1) is 39.5 Å². The van der Waals surface area contributed by atoms with Gasteiger partial charge in [0.1, 0.15) is 24.1 Å². The van der Waals surface area contributed by atoms with Crippen LogP contribution in [0.2, 0.25) is 0 Å². The number of carbonyl (C=O) groups is 2. The monoisotopic (exact) mass is 510 g/mol. The first kappa shape index (κ1) is 30.6. The number of phenols is 1. The number of benzene rings is 2. The van der Waals surface area contributed by atoms with Gasteiger partial charge in [0.2, 0.25) is 0 Å². The van der Waals surface area contributed by atoms with Gasteiger partial charge in [-0.3, -0.25) is 9.59 Å². The van der Waals surface area contributed by atoms with Crippen LogP contribution >= 0.6 is 0 Å². The van der Waals surface area contributed by atoms with Crippen molar-refractivity contribution in [3.8, 4) is 11.5 Å². The molecular weight excluding hydrogens is 464 g/mol. The normalized spacial score (nSPS) is 16.0. The SMILES string of the molecule is Cc1cc(C=O)cc(C)c1O.Cc1cc(C=O)cc(C)c1OCC1CCCCC1.OCC1CCCCC1. The topological polar surface area (TPSA) is 83.8 Å². The van der Waals surface area contributed by atoms with Crippen molar-refractivity contribution >= 4 is 12.6 Å². The van der Waals surface area contributed by atoms with E-state index < -0.39 is 0 Å². The fourth-order valence-electron chi connectivity index (χ4n) is 5.26. The molecule has 2 aromatic rings. The standard InChI is InChI=1S/C16H22O2.C9H10O2.C7H14O/c1-12-8-15(10-17)9-13(2)16(12)18-11-14-6-4-3-5-7-14;1-6-3-8(5-10)4-7(2)9(6)11;8-6-7-4-2-1-3-5-7/h8-10,14H,3-7,11H2,1-2H3;3-5,11H,1-2H3;7-8H,1-6H2. The molecule has 0 aliphatic heterocycles. The molecule has 2 N–H and O–H groups in total. The van der Waals surface area contributed by atoms with E-state index in [1.165, 1.54) is 64.2 Å². The van der Waals surface area contributed by atoms with Crippen molar-refractivity contribution in [2.45, 2.75) is 91.9 Å². The molecule has 204 valence electrons. The van der Waals surface area contributed by atoms with Gasteiger partial charge in [-0.05, 0) is 112 Å². The molecule has 0 radical (unpaired) electrons. The van der Waals surface area contributed by atoms with Gasteiger partial charge in [0.05, 0.1) is 6.61 Å². The second-order valence-electron chi connectivity index (χ2n) is 10.7. The number of rotatable bonds is 6. The van der Waals surface area contributed by atoms with Crippen molar-refractivity contribution in [3.63, 3.8) is 0 Å². The largest absolute Gasteiger partial charge is 0.507 e. The molecule has 0 saturated heterocycles. The Bertz CT molecular complexity index is 939. The molecule has 5 nitrogen and oxygen atoms in total. The lowest BCUT2D eigenvalue weighted by Gasteiger charge is -2.23. The number of ether oxygens (including phenoxy) is 1. The lowest BCUT2D eigenvalue weighted by Crippen LogP contribution is -2.16. The number of aryl methyl sites for hydroxylation is 4. The lowest BCUT2D eigenvalue weighted by molar-refractivity contribution is 0.111. The second-order valence-corrected chi connectivity index (χ2v) is 10.7. The van der Waals surface area contributed by atoms with Gasteiger partial charge in [-0.1, -0.05) is 38.5 Å². The average Bonchev–Trinajstić information content (AvgIpc) is 2.92. The molecule has 2 aliphatic carbocycles. The first-order valence-electron chi connectivity index (χ1n) is 13.8. The highest BCUT2D eigenvalue weighted by Crippen LogP contribution is 2.28. The molecule has 2 fully saturated rings. The highest BCUT2D eigenvalue weighted by Gasteiger charge is 2.15. The Hall–Kier alpha value is -2.66. The molecule has 2 aromatic carbocycles. The predicted molar refractivity (Wildman–Crippen MR) is 150 cm³/mol. The number of hydrogen-bond donors (Lipinski definition) is 2. The van der Waals surface area contributed by atoms with Gasteiger partial charge in [-0.15, -0.1) is 0 Å². The quantitative estimate of drug-likeness (QED) is 0.394. The van der Waals surface area contributed by atoms with Gasteiger partial charge < -0.3 is 14.9 Å². The van der Waals surface area contributed by atoms with E-state index in [1.807, 2.05) is 26.0 Å². The van der Waals surface area contributed by atoms with Crippen LogP contribution in [-0.4, -0.2) is 36.0 Å². The molecule has 0 atom stereocenters. The number of phenolic OH excluding ortho intramolecular Hbond substituents is 1. The summed E-state index contributed by atoms with van der Waals surface area (Å²) in [5.74, 6) is 2.59. The molecule has 4 rings (SSSR count). The fraction of sp³-hybridized carbons (Fsp3) is 0.562. The molecule has 0 spiro atoms. The minimum absolute atomic E-state index is 0.274. The number of aldehydes is 2. The van der Waals surface area contributed by atoms with E-state index in [9.17, 15) is 14.7 Å². The van der Waals surface area contributed by atoms with Crippen molar-refractivity contribution in [1.29, 1.82) is 0 Å². The van der Waals surface area contributed by atoms with Crippen LogP contribution in [-0.2, 0) is 0 Å². The maximum Gasteiger partial charge on any atom is 0.150 e. The number of aliphatic hydroxyl groups excluding tert-OH is 1. The Morgan fingerprint density at radius 1 is 0.703 bits per heavy atom. The third kappa shape index (κ3) is 10.3. The van der Waals surface area contributed by atoms with E-state index in [2.05, 4.69) is 0 Å². The van der Waals surface area contributed by atoms with Crippen molar-refractivity contribution < 1.29 is 24.5 Å². The molecule has 0 bridgehead atoms. The van der Waals surface area contributed by atoms with Crippen molar-refractivity contribution in [1.82, 2.24) is 0 Å². The van der Waals surface area contributed by atoms with E-state index in [1.54, 1.807) is 26.0 Å². The summed E-state index contributed by atoms with van der Waals surface area (Å²) in [6, 6.07) is 7.12. The van der Waals surface area contributed by atoms with Gasteiger partial charge in [-0.2, -0.15) is 0 Å². The second kappa shape index (κ2) is 16.2. The number of carbonyl (C=O) groups excluding carboxylic acids is 2. The van der Waals surface area contributed by atoms with E-state index >= 15 is 0 Å². The van der Waals surface area contributed by atoms with Crippen LogP contribution in [0.25, 0.3) is 0 Å². The molecular formula is C32H46O5. The Labute approximate surface area is 223 Å². The van der Waals surface area contributed by atoms with Gasteiger partial charge in [0, 0.05) is 17.7 Å². The summed E-state index contributed by atoms with van der Waals surface area (Å²) in [5.41, 5.74) is 4.95. The molecule has 0 unspecified atom stereocenters. The predicted octanol–water partition coefficient (Wildman–Crippen LogP) is 7.46. The number of aromatic hydroxyl groups is 1. The van der Waals surface area contributed by atoms with Gasteiger partial charge >= 0.3 is 0 Å². The van der Waals surface area contributed by atoms with E-state index in [-0.39, 0.29) is 5.75 Å². The Morgan fingerprint density at radius 3 is 1.49 bits per heavy atom. The molecule has 0 amide bonds. The molecule has 0 aromatic heterocycles. The first-order chi connectivity index (χ1) is 17.8. The zero-order valence-corrected chi connectivity index (χ0v) is 23.2. The first-order valence-corrected chi connectivity index (χ1v) is 13.8. The van der Waals surface area contributed by atoms with Crippen molar-refractivity contribution in [2.75, 3.05) is 13.2 Å². The molecule has 5 heteroatoms. The third-order valence-corrected chi connectivity index (χ3v) is 7.44. The van der Waals surface area contributed by atoms with Gasteiger partial charge in [-0.25, -0.2) is 0 Å². The summed E-state index contributed by atoms with van der Waals surface area (Å²) in [7, 11) is 0. The summed E-state index contributed by atoms with van der Waals surface area (Å²) in [6.45, 7) is 8.80. The van der Waals surface area contributed by atoms with Crippen LogP contribution in [0.1, 0.15) is 107 Å². The lowest BCUT2D eigenvalue weighted by atomic mass is 9.90. The Balaban J connectivity index is 0.000000215. The maximum absolute atomic E-state index is 10.8. The summed E-state index contributed by atoms with van der Waals surface area (Å²) >= 11 is 0. The molecule has 2 saturated carbocycles. The van der Waals surface area contributed by atoms with Crippen LogP contribution in [0.3, 0.4) is 0 Å². The van der Waals surface area contributed by atoms with Crippen LogP contribution in [0.15, 0.2) is 24.3 Å². The fourth-order valence-corrected chi connectivity index (χ4v) is 5.26. The van der Waals surface area contributed by atoms with Crippen molar-refractivity contribution in [2.24, 2.45) is 11.8 Å². The number of hydrogen-bond acceptors (Lipinski definition) is 5. The summed E-state index contributed by atoms with van der Waals surface area (Å²) in [4.78, 5) is 21.1. The van der Waals surface area contributed by atoms with Crippen molar-refractivity contribution in [3.05, 3.63) is 57.6 Å². The molecule has 2 aliphatic rings. The summed E-state index contributed by atoms with van der Waals surface area (Å²) in [5, 5.41) is 18.0. The Kier molecular flexibility index (Phi) is 13.4. The smallest absolute Gasteiger partial charge is 0.150 e. The Morgan fingerprint density at radius 2 is 1.11 bits per heavy atom. The molecule has 37 heavy (non-hydrogen) atoms. The minimum atomic E-state index is 0.274. The van der Waals surface area contributed by atoms with Crippen LogP contribution < -0.4 is 4.74 Å².